The molecule has 0 aliphatic carbocycles. The van der Waals surface area contributed by atoms with Gasteiger partial charge in [-0.25, -0.2) is 4.39 Å². The topological polar surface area (TPSA) is 125 Å². The molecule has 0 saturated carbocycles. The maximum absolute atomic E-state index is 13.1. The Balaban J connectivity index is 2.14. The molecule has 0 aromatic heterocycles. The van der Waals surface area contributed by atoms with Crippen LogP contribution in [0, 0.1) is 17.1 Å². The second kappa shape index (κ2) is 9.99. The van der Waals surface area contributed by atoms with Crippen molar-refractivity contribution in [3.63, 3.8) is 0 Å². The van der Waals surface area contributed by atoms with E-state index in [2.05, 4.69) is 10.6 Å². The largest absolute Gasteiger partial charge is 0.368 e. The Bertz CT molecular complexity index is 938. The number of nitriles is 1. The lowest BCUT2D eigenvalue weighted by atomic mass is 10.0. The van der Waals surface area contributed by atoms with Crippen LogP contribution in [0.4, 0.5) is 4.39 Å². The summed E-state index contributed by atoms with van der Waals surface area (Å²) in [6.45, 7) is 1.27. The highest BCUT2D eigenvalue weighted by Crippen LogP contribution is 2.09. The predicted octanol–water partition coefficient (Wildman–Crippen LogP) is 0.957. The van der Waals surface area contributed by atoms with Gasteiger partial charge in [-0.05, 0) is 35.4 Å². The van der Waals surface area contributed by atoms with Gasteiger partial charge in [0.15, 0.2) is 0 Å². The first-order chi connectivity index (χ1) is 13.8. The average molecular weight is 396 g/mol. The second-order valence-corrected chi connectivity index (χ2v) is 6.56. The van der Waals surface area contributed by atoms with Crippen LogP contribution in [0.5, 0.6) is 0 Å². The first kappa shape index (κ1) is 21.6. The van der Waals surface area contributed by atoms with Gasteiger partial charge in [-0.2, -0.15) is 5.26 Å². The van der Waals surface area contributed by atoms with E-state index in [0.29, 0.717) is 16.7 Å². The van der Waals surface area contributed by atoms with Gasteiger partial charge in [-0.15, -0.1) is 0 Å². The smallest absolute Gasteiger partial charge is 0.243 e. The molecule has 2 atom stereocenters. The first-order valence-corrected chi connectivity index (χ1v) is 8.88. The van der Waals surface area contributed by atoms with E-state index in [0.717, 1.165) is 0 Å². The summed E-state index contributed by atoms with van der Waals surface area (Å²) in [5.41, 5.74) is 7.14. The van der Waals surface area contributed by atoms with E-state index in [1.165, 1.54) is 31.2 Å². The maximum Gasteiger partial charge on any atom is 0.243 e. The zero-order chi connectivity index (χ0) is 21.4. The lowest BCUT2D eigenvalue weighted by Crippen LogP contribution is -2.54. The fourth-order valence-electron chi connectivity index (χ4n) is 2.81. The normalized spacial score (nSPS) is 12.3. The Kier molecular flexibility index (Phi) is 7.43. The van der Waals surface area contributed by atoms with Crippen molar-refractivity contribution in [1.82, 2.24) is 10.6 Å². The highest BCUT2D eigenvalue weighted by molar-refractivity contribution is 5.91. The van der Waals surface area contributed by atoms with Crippen LogP contribution in [-0.4, -0.2) is 29.8 Å². The van der Waals surface area contributed by atoms with Crippen LogP contribution in [0.25, 0.3) is 0 Å². The Hall–Kier alpha value is -3.73. The van der Waals surface area contributed by atoms with Gasteiger partial charge in [-0.1, -0.05) is 24.3 Å². The standard InChI is InChI=1S/C21H21FN4O3/c1-13(27)25-19(10-14-5-7-17(22)8-6-14)21(29)26-18(20(24)28)11-15-3-2-4-16(9-15)12-23/h2-9,18-19H,10-11H2,1H3,(H2,24,28)(H,25,27)(H,26,29)/t18-,19+/m1/s1. The molecule has 0 fully saturated rings. The lowest BCUT2D eigenvalue weighted by molar-refractivity contribution is -0.130. The van der Waals surface area contributed by atoms with Gasteiger partial charge >= 0.3 is 0 Å². The van der Waals surface area contributed by atoms with E-state index in [1.54, 1.807) is 24.3 Å². The Morgan fingerprint density at radius 1 is 1.03 bits per heavy atom. The molecule has 0 saturated heterocycles. The zero-order valence-electron chi connectivity index (χ0n) is 15.8. The van der Waals surface area contributed by atoms with E-state index in [-0.39, 0.29) is 12.8 Å². The van der Waals surface area contributed by atoms with E-state index in [4.69, 9.17) is 11.0 Å². The van der Waals surface area contributed by atoms with Crippen molar-refractivity contribution in [1.29, 1.82) is 5.26 Å². The first-order valence-electron chi connectivity index (χ1n) is 8.88. The number of carbonyl (C=O) groups excluding carboxylic acids is 3. The highest BCUT2D eigenvalue weighted by Gasteiger charge is 2.25. The number of halogens is 1. The average Bonchev–Trinajstić information content (AvgIpc) is 2.68. The van der Waals surface area contributed by atoms with Crippen LogP contribution in [0.1, 0.15) is 23.6 Å². The van der Waals surface area contributed by atoms with Crippen LogP contribution in [-0.2, 0) is 27.2 Å². The molecule has 0 heterocycles. The van der Waals surface area contributed by atoms with Crippen LogP contribution in [0.3, 0.4) is 0 Å². The van der Waals surface area contributed by atoms with Gasteiger partial charge in [-0.3, -0.25) is 14.4 Å². The molecular weight excluding hydrogens is 375 g/mol. The van der Waals surface area contributed by atoms with Gasteiger partial charge < -0.3 is 16.4 Å². The number of primary amides is 1. The number of hydrogen-bond acceptors (Lipinski definition) is 4. The molecule has 0 spiro atoms. The molecule has 0 radical (unpaired) electrons. The van der Waals surface area contributed by atoms with Crippen molar-refractivity contribution in [2.45, 2.75) is 31.8 Å². The minimum atomic E-state index is -1.03. The Morgan fingerprint density at radius 2 is 1.69 bits per heavy atom. The highest BCUT2D eigenvalue weighted by atomic mass is 19.1. The lowest BCUT2D eigenvalue weighted by Gasteiger charge is -2.22. The van der Waals surface area contributed by atoms with Crippen LogP contribution < -0.4 is 16.4 Å². The predicted molar refractivity (Wildman–Crippen MR) is 104 cm³/mol. The van der Waals surface area contributed by atoms with Gasteiger partial charge in [0.25, 0.3) is 0 Å². The van der Waals surface area contributed by atoms with Gasteiger partial charge in [0, 0.05) is 19.8 Å². The molecule has 2 rings (SSSR count). The van der Waals surface area contributed by atoms with E-state index in [1.807, 2.05) is 6.07 Å². The summed E-state index contributed by atoms with van der Waals surface area (Å²) >= 11 is 0. The van der Waals surface area contributed by atoms with Gasteiger partial charge in [0.1, 0.15) is 17.9 Å². The van der Waals surface area contributed by atoms with Gasteiger partial charge in [0.05, 0.1) is 11.6 Å². The third-order valence-electron chi connectivity index (χ3n) is 4.20. The molecule has 0 aliphatic heterocycles. The van der Waals surface area contributed by atoms with E-state index in [9.17, 15) is 18.8 Å². The molecule has 8 heteroatoms. The second-order valence-electron chi connectivity index (χ2n) is 6.56. The monoisotopic (exact) mass is 396 g/mol. The molecular formula is C21H21FN4O3. The van der Waals surface area contributed by atoms with E-state index >= 15 is 0 Å². The van der Waals surface area contributed by atoms with Crippen molar-refractivity contribution < 1.29 is 18.8 Å². The molecule has 2 aromatic carbocycles. The van der Waals surface area contributed by atoms with Gasteiger partial charge in [0.2, 0.25) is 17.7 Å². The summed E-state index contributed by atoms with van der Waals surface area (Å²) in [5.74, 6) is -2.18. The van der Waals surface area contributed by atoms with Crippen molar-refractivity contribution in [2.75, 3.05) is 0 Å². The Morgan fingerprint density at radius 3 is 2.28 bits per heavy atom. The number of rotatable bonds is 8. The van der Waals surface area contributed by atoms with Crippen molar-refractivity contribution in [3.05, 3.63) is 71.0 Å². The maximum atomic E-state index is 13.1. The van der Waals surface area contributed by atoms with Crippen LogP contribution >= 0.6 is 0 Å². The van der Waals surface area contributed by atoms with Crippen LogP contribution in [0.15, 0.2) is 48.5 Å². The zero-order valence-corrected chi connectivity index (χ0v) is 15.8. The number of hydrogen-bond donors (Lipinski definition) is 3. The summed E-state index contributed by atoms with van der Waals surface area (Å²) in [6, 6.07) is 12.2. The third-order valence-corrected chi connectivity index (χ3v) is 4.20. The van der Waals surface area contributed by atoms with E-state index < -0.39 is 35.6 Å². The minimum absolute atomic E-state index is 0.0972. The molecule has 0 aliphatic rings. The van der Waals surface area contributed by atoms with Crippen molar-refractivity contribution in [2.24, 2.45) is 5.73 Å². The molecule has 0 unspecified atom stereocenters. The summed E-state index contributed by atoms with van der Waals surface area (Å²) in [5, 5.41) is 14.1. The summed E-state index contributed by atoms with van der Waals surface area (Å²) in [4.78, 5) is 36.1. The fraction of sp³-hybridized carbons (Fsp3) is 0.238. The quantitative estimate of drug-likeness (QED) is 0.614. The van der Waals surface area contributed by atoms with Crippen molar-refractivity contribution in [3.8, 4) is 6.07 Å². The molecule has 4 N–H and O–H groups in total. The number of carbonyl (C=O) groups is 3. The fourth-order valence-corrected chi connectivity index (χ4v) is 2.81. The Labute approximate surface area is 167 Å². The molecule has 150 valence electrons. The SMILES string of the molecule is CC(=O)N[C@@H](Cc1ccc(F)cc1)C(=O)N[C@H](Cc1cccc(C#N)c1)C(N)=O. The number of nitrogens with zero attached hydrogens (tertiary/aromatic N) is 1. The molecule has 29 heavy (non-hydrogen) atoms. The number of benzene rings is 2. The number of amides is 3. The minimum Gasteiger partial charge on any atom is -0.368 e. The molecule has 7 nitrogen and oxygen atoms in total. The summed E-state index contributed by atoms with van der Waals surface area (Å²) in [7, 11) is 0. The van der Waals surface area contributed by atoms with Crippen LogP contribution in [0.2, 0.25) is 0 Å². The number of nitrogens with one attached hydrogen (secondary N) is 2. The molecule has 2 aromatic rings. The molecule has 3 amide bonds. The molecule has 0 bridgehead atoms. The van der Waals surface area contributed by atoms with Crippen molar-refractivity contribution >= 4 is 17.7 Å². The third kappa shape index (κ3) is 6.74. The number of nitrogens with two attached hydrogens (primary N) is 1. The summed E-state index contributed by atoms with van der Waals surface area (Å²) < 4.78 is 13.1. The summed E-state index contributed by atoms with van der Waals surface area (Å²) in [6.07, 6.45) is 0.209.